The first kappa shape index (κ1) is 14.8. The van der Waals surface area contributed by atoms with E-state index in [9.17, 15) is 0 Å². The molecule has 0 aliphatic carbocycles. The lowest BCUT2D eigenvalue weighted by molar-refractivity contribution is 0.727. The van der Waals surface area contributed by atoms with E-state index in [2.05, 4.69) is 32.7 Å². The highest BCUT2D eigenvalue weighted by Gasteiger charge is 2.20. The van der Waals surface area contributed by atoms with Gasteiger partial charge in [0.25, 0.3) is 0 Å². The number of para-hydroxylation sites is 2. The van der Waals surface area contributed by atoms with Gasteiger partial charge in [0.2, 0.25) is 0 Å². The predicted molar refractivity (Wildman–Crippen MR) is 103 cm³/mol. The van der Waals surface area contributed by atoms with Crippen molar-refractivity contribution < 1.29 is 0 Å². The summed E-state index contributed by atoms with van der Waals surface area (Å²) in [6.07, 6.45) is 3.69. The first-order valence-electron chi connectivity index (χ1n) is 8.54. The summed E-state index contributed by atoms with van der Waals surface area (Å²) in [6.45, 7) is 2.05. The molecule has 0 aliphatic rings. The number of fused-ring (bicyclic) bond motifs is 2. The molecule has 0 amide bonds. The van der Waals surface area contributed by atoms with Crippen LogP contribution in [-0.4, -0.2) is 24.3 Å². The maximum Gasteiger partial charge on any atom is 0.144 e. The minimum absolute atomic E-state index is 0.969. The topological polar surface area (TPSA) is 48.5 Å². The standard InChI is InChI=1S/C21H17N5/c1-14-20(16-7-5-10-17-15(16)8-6-12-22-17)21(25(2)24-14)26-13-23-18-9-3-4-11-19(18)26/h3-13H,1-2H3. The molecule has 5 nitrogen and oxygen atoms in total. The van der Waals surface area contributed by atoms with Crippen LogP contribution in [0.1, 0.15) is 5.69 Å². The number of hydrogen-bond acceptors (Lipinski definition) is 3. The molecule has 5 rings (SSSR count). The molecule has 0 spiro atoms. The predicted octanol–water partition coefficient (Wildman–Crippen LogP) is 4.28. The Labute approximate surface area is 150 Å². The van der Waals surface area contributed by atoms with Crippen molar-refractivity contribution >= 4 is 21.9 Å². The molecule has 0 bridgehead atoms. The van der Waals surface area contributed by atoms with Crippen LogP contribution in [0.2, 0.25) is 0 Å². The lowest BCUT2D eigenvalue weighted by atomic mass is 10.0. The molecule has 0 fully saturated rings. The Morgan fingerprint density at radius 3 is 2.62 bits per heavy atom. The highest BCUT2D eigenvalue weighted by Crippen LogP contribution is 2.35. The third-order valence-electron chi connectivity index (χ3n) is 4.79. The molecule has 5 aromatic rings. The Bertz CT molecular complexity index is 1260. The minimum atomic E-state index is 0.969. The van der Waals surface area contributed by atoms with Crippen molar-refractivity contribution in [2.45, 2.75) is 6.92 Å². The molecule has 0 unspecified atom stereocenters. The molecule has 0 N–H and O–H groups in total. The summed E-state index contributed by atoms with van der Waals surface area (Å²) >= 11 is 0. The molecule has 3 heterocycles. The van der Waals surface area contributed by atoms with Crippen molar-refractivity contribution in [1.82, 2.24) is 24.3 Å². The zero-order valence-electron chi connectivity index (χ0n) is 14.6. The quantitative estimate of drug-likeness (QED) is 0.482. The van der Waals surface area contributed by atoms with Gasteiger partial charge in [-0.2, -0.15) is 5.10 Å². The van der Waals surface area contributed by atoms with Crippen molar-refractivity contribution in [1.29, 1.82) is 0 Å². The number of aryl methyl sites for hydroxylation is 2. The van der Waals surface area contributed by atoms with Crippen LogP contribution in [0.5, 0.6) is 0 Å². The van der Waals surface area contributed by atoms with Crippen molar-refractivity contribution in [2.75, 3.05) is 0 Å². The highest BCUT2D eigenvalue weighted by atomic mass is 15.3. The monoisotopic (exact) mass is 339 g/mol. The summed E-state index contributed by atoms with van der Waals surface area (Å²) in [6, 6.07) is 18.5. The zero-order valence-corrected chi connectivity index (χ0v) is 14.6. The van der Waals surface area contributed by atoms with Crippen LogP contribution in [-0.2, 0) is 7.05 Å². The molecule has 126 valence electrons. The highest BCUT2D eigenvalue weighted by molar-refractivity contribution is 5.97. The Balaban J connectivity index is 1.87. The maximum absolute atomic E-state index is 4.70. The van der Waals surface area contributed by atoms with Crippen molar-refractivity contribution in [2.24, 2.45) is 7.05 Å². The lowest BCUT2D eigenvalue weighted by Gasteiger charge is -2.11. The van der Waals surface area contributed by atoms with Gasteiger partial charge in [0, 0.05) is 24.2 Å². The zero-order chi connectivity index (χ0) is 17.7. The van der Waals surface area contributed by atoms with Gasteiger partial charge in [-0.05, 0) is 36.8 Å². The Morgan fingerprint density at radius 1 is 0.846 bits per heavy atom. The van der Waals surface area contributed by atoms with E-state index in [1.165, 1.54) is 0 Å². The molecule has 0 atom stereocenters. The number of pyridine rings is 1. The molecular weight excluding hydrogens is 322 g/mol. The van der Waals surface area contributed by atoms with Crippen LogP contribution < -0.4 is 0 Å². The van der Waals surface area contributed by atoms with Gasteiger partial charge in [0.1, 0.15) is 12.1 Å². The summed E-state index contributed by atoms with van der Waals surface area (Å²) in [4.78, 5) is 9.05. The smallest absolute Gasteiger partial charge is 0.144 e. The first-order chi connectivity index (χ1) is 12.7. The SMILES string of the molecule is Cc1nn(C)c(-n2cnc3ccccc32)c1-c1cccc2ncccc12. The van der Waals surface area contributed by atoms with Gasteiger partial charge in [-0.25, -0.2) is 4.98 Å². The molecule has 0 saturated carbocycles. The second-order valence-corrected chi connectivity index (χ2v) is 6.39. The van der Waals surface area contributed by atoms with E-state index < -0.39 is 0 Å². The fourth-order valence-corrected chi connectivity index (χ4v) is 3.69. The Morgan fingerprint density at radius 2 is 1.69 bits per heavy atom. The van der Waals surface area contributed by atoms with Gasteiger partial charge >= 0.3 is 0 Å². The Hall–Kier alpha value is -3.47. The van der Waals surface area contributed by atoms with Crippen molar-refractivity contribution in [3.8, 4) is 16.9 Å². The fraction of sp³-hybridized carbons (Fsp3) is 0.0952. The van der Waals surface area contributed by atoms with Crippen LogP contribution in [0.25, 0.3) is 38.9 Å². The van der Waals surface area contributed by atoms with E-state index in [1.807, 2.05) is 67.6 Å². The number of rotatable bonds is 2. The molecule has 3 aromatic heterocycles. The Kier molecular flexibility index (Phi) is 3.15. The normalized spacial score (nSPS) is 11.5. The summed E-state index contributed by atoms with van der Waals surface area (Å²) in [5, 5.41) is 5.83. The van der Waals surface area contributed by atoms with E-state index in [-0.39, 0.29) is 0 Å². The van der Waals surface area contributed by atoms with Crippen molar-refractivity contribution in [3.63, 3.8) is 0 Å². The van der Waals surface area contributed by atoms with Crippen molar-refractivity contribution in [3.05, 3.63) is 72.8 Å². The summed E-state index contributed by atoms with van der Waals surface area (Å²) in [5.41, 5.74) is 6.24. The van der Waals surface area contributed by atoms with E-state index in [4.69, 9.17) is 5.10 Å². The van der Waals surface area contributed by atoms with E-state index in [1.54, 1.807) is 0 Å². The summed E-state index contributed by atoms with van der Waals surface area (Å²) in [7, 11) is 1.98. The van der Waals surface area contributed by atoms with Crippen LogP contribution in [0.15, 0.2) is 67.1 Å². The van der Waals surface area contributed by atoms with E-state index in [0.717, 1.165) is 44.6 Å². The second-order valence-electron chi connectivity index (χ2n) is 6.39. The molecule has 0 radical (unpaired) electrons. The van der Waals surface area contributed by atoms with Gasteiger partial charge in [0.05, 0.1) is 22.2 Å². The summed E-state index contributed by atoms with van der Waals surface area (Å²) < 4.78 is 4.04. The third kappa shape index (κ3) is 2.07. The fourth-order valence-electron chi connectivity index (χ4n) is 3.69. The minimum Gasteiger partial charge on any atom is -0.283 e. The third-order valence-corrected chi connectivity index (χ3v) is 4.79. The van der Waals surface area contributed by atoms with Gasteiger partial charge in [-0.3, -0.25) is 14.2 Å². The molecular formula is C21H17N5. The largest absolute Gasteiger partial charge is 0.283 e. The van der Waals surface area contributed by atoms with Crippen LogP contribution in [0.4, 0.5) is 0 Å². The van der Waals surface area contributed by atoms with E-state index >= 15 is 0 Å². The molecule has 26 heavy (non-hydrogen) atoms. The van der Waals surface area contributed by atoms with Gasteiger partial charge in [0.15, 0.2) is 0 Å². The average molecular weight is 339 g/mol. The first-order valence-corrected chi connectivity index (χ1v) is 8.54. The average Bonchev–Trinajstić information content (AvgIpc) is 3.21. The second kappa shape index (κ2) is 5.52. The maximum atomic E-state index is 4.70. The molecule has 2 aromatic carbocycles. The number of nitrogens with zero attached hydrogens (tertiary/aromatic N) is 5. The lowest BCUT2D eigenvalue weighted by Crippen LogP contribution is -2.03. The molecule has 0 aliphatic heterocycles. The summed E-state index contributed by atoms with van der Waals surface area (Å²) in [5.74, 6) is 1.01. The number of aromatic nitrogens is 5. The van der Waals surface area contributed by atoms with Gasteiger partial charge < -0.3 is 0 Å². The van der Waals surface area contributed by atoms with Gasteiger partial charge in [-0.1, -0.05) is 30.3 Å². The number of imidazole rings is 1. The number of benzene rings is 2. The van der Waals surface area contributed by atoms with Crippen LogP contribution in [0, 0.1) is 6.92 Å². The number of hydrogen-bond donors (Lipinski definition) is 0. The van der Waals surface area contributed by atoms with Gasteiger partial charge in [-0.15, -0.1) is 0 Å². The van der Waals surface area contributed by atoms with E-state index in [0.29, 0.717) is 0 Å². The molecule has 5 heteroatoms. The van der Waals surface area contributed by atoms with Crippen LogP contribution in [0.3, 0.4) is 0 Å². The van der Waals surface area contributed by atoms with Crippen LogP contribution >= 0.6 is 0 Å². The molecule has 0 saturated heterocycles.